The van der Waals surface area contributed by atoms with Crippen LogP contribution in [0.3, 0.4) is 0 Å². The molecule has 5 heteroatoms. The molecule has 0 radical (unpaired) electrons. The van der Waals surface area contributed by atoms with E-state index in [9.17, 15) is 9.59 Å². The predicted octanol–water partition coefficient (Wildman–Crippen LogP) is 2.10. The molecule has 0 spiro atoms. The van der Waals surface area contributed by atoms with Crippen LogP contribution in [-0.4, -0.2) is 35.7 Å². The first-order valence-corrected chi connectivity index (χ1v) is 7.07. The van der Waals surface area contributed by atoms with E-state index in [4.69, 9.17) is 4.74 Å². The maximum atomic E-state index is 12.5. The highest BCUT2D eigenvalue weighted by atomic mass is 16.5. The first-order chi connectivity index (χ1) is 10.7. The van der Waals surface area contributed by atoms with E-state index in [1.54, 1.807) is 29.4 Å². The second-order valence-corrected chi connectivity index (χ2v) is 5.20. The Kier molecular flexibility index (Phi) is 3.87. The maximum Gasteiger partial charge on any atom is 0.255 e. The molecule has 5 nitrogen and oxygen atoms in total. The summed E-state index contributed by atoms with van der Waals surface area (Å²) in [6, 6.07) is 7.22. The Hall–Kier alpha value is -2.69. The van der Waals surface area contributed by atoms with Gasteiger partial charge in [-0.25, -0.2) is 0 Å². The van der Waals surface area contributed by atoms with Crippen LogP contribution >= 0.6 is 0 Å². The van der Waals surface area contributed by atoms with Gasteiger partial charge in [-0.1, -0.05) is 0 Å². The van der Waals surface area contributed by atoms with E-state index >= 15 is 0 Å². The number of ether oxygens (including phenoxy) is 1. The molecule has 112 valence electrons. The molecule has 1 aromatic carbocycles. The number of carbonyl (C=O) groups excluding carboxylic acids is 2. The average Bonchev–Trinajstić information content (AvgIpc) is 2.60. The molecule has 0 aliphatic carbocycles. The molecule has 0 bridgehead atoms. The molecule has 2 aromatic rings. The van der Waals surface area contributed by atoms with Crippen LogP contribution in [0.1, 0.15) is 31.8 Å². The number of hydrogen-bond acceptors (Lipinski definition) is 4. The van der Waals surface area contributed by atoms with E-state index in [2.05, 4.69) is 4.98 Å². The zero-order chi connectivity index (χ0) is 15.5. The van der Waals surface area contributed by atoms with Crippen molar-refractivity contribution in [1.82, 2.24) is 9.88 Å². The lowest BCUT2D eigenvalue weighted by Gasteiger charge is -2.29. The number of carbonyl (C=O) groups is 2. The second kappa shape index (κ2) is 5.97. The smallest absolute Gasteiger partial charge is 0.255 e. The third-order valence-electron chi connectivity index (χ3n) is 3.89. The van der Waals surface area contributed by atoms with E-state index in [0.29, 0.717) is 30.0 Å². The minimum atomic E-state index is -0.0304. The van der Waals surface area contributed by atoms with Crippen molar-refractivity contribution in [2.75, 3.05) is 13.7 Å². The molecule has 0 atom stereocenters. The lowest BCUT2D eigenvalue weighted by Crippen LogP contribution is -2.36. The number of nitrogens with zero attached hydrogens (tertiary/aromatic N) is 2. The number of aldehydes is 1. The van der Waals surface area contributed by atoms with Crippen molar-refractivity contribution in [3.63, 3.8) is 0 Å². The summed E-state index contributed by atoms with van der Waals surface area (Å²) >= 11 is 0. The molecule has 22 heavy (non-hydrogen) atoms. The highest BCUT2D eigenvalue weighted by Crippen LogP contribution is 2.27. The standard InChI is InChI=1S/C17H16N2O3/c1-22-16-8-14-10-19(6-4-12(14)7-15(16)11-20)17(21)13-3-2-5-18-9-13/h2-3,5,7-9,11H,4,6,10H2,1H3. The fourth-order valence-corrected chi connectivity index (χ4v) is 2.72. The molecule has 1 amide bonds. The van der Waals surface area contributed by atoms with Crippen molar-refractivity contribution in [2.24, 2.45) is 0 Å². The molecule has 0 N–H and O–H groups in total. The van der Waals surface area contributed by atoms with E-state index in [1.165, 1.54) is 7.11 Å². The van der Waals surface area contributed by atoms with Crippen LogP contribution in [0.25, 0.3) is 0 Å². The number of rotatable bonds is 3. The molecule has 0 fully saturated rings. The van der Waals surface area contributed by atoms with Crippen LogP contribution in [0.15, 0.2) is 36.7 Å². The second-order valence-electron chi connectivity index (χ2n) is 5.20. The highest BCUT2D eigenvalue weighted by molar-refractivity contribution is 5.94. The van der Waals surface area contributed by atoms with Gasteiger partial charge in [0.15, 0.2) is 6.29 Å². The van der Waals surface area contributed by atoms with Gasteiger partial charge in [0, 0.05) is 25.5 Å². The summed E-state index contributed by atoms with van der Waals surface area (Å²) in [5, 5.41) is 0. The molecule has 1 aliphatic rings. The number of benzene rings is 1. The normalized spacial score (nSPS) is 13.4. The number of amides is 1. The van der Waals surface area contributed by atoms with Crippen molar-refractivity contribution < 1.29 is 14.3 Å². The fourth-order valence-electron chi connectivity index (χ4n) is 2.72. The van der Waals surface area contributed by atoms with Gasteiger partial charge in [0.05, 0.1) is 18.2 Å². The van der Waals surface area contributed by atoms with E-state index in [0.717, 1.165) is 23.8 Å². The third kappa shape index (κ3) is 2.57. The predicted molar refractivity (Wildman–Crippen MR) is 81.1 cm³/mol. The van der Waals surface area contributed by atoms with Crippen LogP contribution in [0.2, 0.25) is 0 Å². The number of fused-ring (bicyclic) bond motifs is 1. The first-order valence-electron chi connectivity index (χ1n) is 7.07. The summed E-state index contributed by atoms with van der Waals surface area (Å²) in [5.41, 5.74) is 3.25. The maximum absolute atomic E-state index is 12.5. The number of hydrogen-bond donors (Lipinski definition) is 0. The summed E-state index contributed by atoms with van der Waals surface area (Å²) in [7, 11) is 1.54. The minimum absolute atomic E-state index is 0.0304. The molecule has 0 unspecified atom stereocenters. The van der Waals surface area contributed by atoms with Crippen LogP contribution in [0.5, 0.6) is 5.75 Å². The Morgan fingerprint density at radius 2 is 2.23 bits per heavy atom. The highest BCUT2D eigenvalue weighted by Gasteiger charge is 2.23. The molecule has 1 aliphatic heterocycles. The molecular weight excluding hydrogens is 280 g/mol. The van der Waals surface area contributed by atoms with Crippen molar-refractivity contribution in [2.45, 2.75) is 13.0 Å². The Balaban J connectivity index is 1.87. The minimum Gasteiger partial charge on any atom is -0.496 e. The van der Waals surface area contributed by atoms with Gasteiger partial charge in [-0.15, -0.1) is 0 Å². The van der Waals surface area contributed by atoms with E-state index in [-0.39, 0.29) is 5.91 Å². The average molecular weight is 296 g/mol. The third-order valence-corrected chi connectivity index (χ3v) is 3.89. The van der Waals surface area contributed by atoms with Gasteiger partial charge in [0.2, 0.25) is 0 Å². The van der Waals surface area contributed by atoms with Gasteiger partial charge in [-0.3, -0.25) is 14.6 Å². The van der Waals surface area contributed by atoms with Crippen LogP contribution in [0.4, 0.5) is 0 Å². The zero-order valence-electron chi connectivity index (χ0n) is 12.3. The van der Waals surface area contributed by atoms with E-state index < -0.39 is 0 Å². The van der Waals surface area contributed by atoms with E-state index in [1.807, 2.05) is 12.1 Å². The van der Waals surface area contributed by atoms with Crippen molar-refractivity contribution in [3.8, 4) is 5.75 Å². The van der Waals surface area contributed by atoms with Crippen LogP contribution in [0, 0.1) is 0 Å². The van der Waals surface area contributed by atoms with Gasteiger partial charge < -0.3 is 9.64 Å². The van der Waals surface area contributed by atoms with Crippen molar-refractivity contribution in [1.29, 1.82) is 0 Å². The summed E-state index contributed by atoms with van der Waals surface area (Å²) in [4.78, 5) is 29.3. The Bertz CT molecular complexity index is 713. The van der Waals surface area contributed by atoms with Gasteiger partial charge in [-0.2, -0.15) is 0 Å². The van der Waals surface area contributed by atoms with Crippen LogP contribution in [-0.2, 0) is 13.0 Å². The molecule has 1 aromatic heterocycles. The van der Waals surface area contributed by atoms with Gasteiger partial charge in [-0.05, 0) is 41.8 Å². The Morgan fingerprint density at radius 1 is 1.36 bits per heavy atom. The van der Waals surface area contributed by atoms with Crippen LogP contribution < -0.4 is 4.74 Å². The largest absolute Gasteiger partial charge is 0.496 e. The SMILES string of the molecule is COc1cc2c(cc1C=O)CCN(C(=O)c1cccnc1)C2. The summed E-state index contributed by atoms with van der Waals surface area (Å²) in [6.07, 6.45) is 4.75. The van der Waals surface area contributed by atoms with Gasteiger partial charge >= 0.3 is 0 Å². The van der Waals surface area contributed by atoms with Gasteiger partial charge in [0.1, 0.15) is 5.75 Å². The lowest BCUT2D eigenvalue weighted by atomic mass is 9.96. The monoisotopic (exact) mass is 296 g/mol. The molecule has 0 saturated carbocycles. The number of methoxy groups -OCH3 is 1. The molecule has 0 saturated heterocycles. The van der Waals surface area contributed by atoms with Crippen molar-refractivity contribution in [3.05, 3.63) is 58.9 Å². The first kappa shape index (κ1) is 14.3. The van der Waals surface area contributed by atoms with Crippen molar-refractivity contribution >= 4 is 12.2 Å². The van der Waals surface area contributed by atoms with Gasteiger partial charge in [0.25, 0.3) is 5.91 Å². The molecular formula is C17H16N2O3. The number of pyridine rings is 1. The summed E-state index contributed by atoms with van der Waals surface area (Å²) in [5.74, 6) is 0.515. The number of aromatic nitrogens is 1. The zero-order valence-corrected chi connectivity index (χ0v) is 12.3. The quantitative estimate of drug-likeness (QED) is 0.814. The summed E-state index contributed by atoms with van der Waals surface area (Å²) in [6.45, 7) is 1.14. The molecule has 2 heterocycles. The lowest BCUT2D eigenvalue weighted by molar-refractivity contribution is 0.0733. The fraction of sp³-hybridized carbons (Fsp3) is 0.235. The topological polar surface area (TPSA) is 59.5 Å². The Morgan fingerprint density at radius 3 is 2.91 bits per heavy atom. The summed E-state index contributed by atoms with van der Waals surface area (Å²) < 4.78 is 5.24. The Labute approximate surface area is 128 Å². The molecule has 3 rings (SSSR count).